The van der Waals surface area contributed by atoms with Crippen molar-refractivity contribution in [1.82, 2.24) is 0 Å². The van der Waals surface area contributed by atoms with E-state index in [-0.39, 0.29) is 5.75 Å². The molecule has 3 aromatic rings. The highest BCUT2D eigenvalue weighted by Gasteiger charge is 2.18. The van der Waals surface area contributed by atoms with Gasteiger partial charge in [-0.1, -0.05) is 6.42 Å². The van der Waals surface area contributed by atoms with Gasteiger partial charge in [-0.05, 0) is 49.1 Å². The van der Waals surface area contributed by atoms with Crippen molar-refractivity contribution < 1.29 is 14.3 Å². The summed E-state index contributed by atoms with van der Waals surface area (Å²) in [5.41, 5.74) is -0.0252. The van der Waals surface area contributed by atoms with Crippen LogP contribution in [-0.4, -0.2) is 11.7 Å². The zero-order chi connectivity index (χ0) is 15.1. The highest BCUT2D eigenvalue weighted by molar-refractivity contribution is 6.04. The molecule has 1 fully saturated rings. The van der Waals surface area contributed by atoms with Gasteiger partial charge in [-0.25, -0.2) is 4.79 Å². The van der Waals surface area contributed by atoms with E-state index in [1.807, 2.05) is 12.1 Å². The second kappa shape index (κ2) is 5.05. The van der Waals surface area contributed by atoms with E-state index in [0.717, 1.165) is 10.8 Å². The molecule has 0 unspecified atom stereocenters. The molecule has 0 bridgehead atoms. The largest absolute Gasteiger partial charge is 0.508 e. The Morgan fingerprint density at radius 3 is 2.68 bits per heavy atom. The Kier molecular flexibility index (Phi) is 3.03. The summed E-state index contributed by atoms with van der Waals surface area (Å²) >= 11 is 0. The van der Waals surface area contributed by atoms with Gasteiger partial charge in [-0.2, -0.15) is 0 Å². The van der Waals surface area contributed by atoms with Crippen LogP contribution in [-0.2, 0) is 0 Å². The smallest absolute Gasteiger partial charge is 0.344 e. The normalized spacial score (nSPS) is 15.1. The molecule has 0 spiro atoms. The van der Waals surface area contributed by atoms with Gasteiger partial charge in [0.15, 0.2) is 0 Å². The van der Waals surface area contributed by atoms with Crippen molar-refractivity contribution in [2.75, 3.05) is 6.61 Å². The third-order valence-electron chi connectivity index (χ3n) is 4.38. The van der Waals surface area contributed by atoms with Crippen molar-refractivity contribution in [3.05, 3.63) is 46.8 Å². The van der Waals surface area contributed by atoms with Crippen LogP contribution in [0.1, 0.15) is 19.3 Å². The summed E-state index contributed by atoms with van der Waals surface area (Å²) in [7, 11) is 0. The van der Waals surface area contributed by atoms with Crippen LogP contribution in [0.25, 0.3) is 21.7 Å². The molecule has 1 heterocycles. The van der Waals surface area contributed by atoms with Crippen molar-refractivity contribution in [3.8, 4) is 11.5 Å². The number of phenolic OH excluding ortho intramolecular Hbond substituents is 1. The maximum absolute atomic E-state index is 12.2. The predicted molar refractivity (Wildman–Crippen MR) is 84.5 cm³/mol. The second-order valence-corrected chi connectivity index (χ2v) is 5.89. The number of aromatic hydroxyl groups is 1. The summed E-state index contributed by atoms with van der Waals surface area (Å²) in [6, 6.07) is 10.3. The number of rotatable bonds is 3. The average molecular weight is 296 g/mol. The van der Waals surface area contributed by atoms with Crippen LogP contribution in [0.15, 0.2) is 45.6 Å². The molecule has 4 rings (SSSR count). The van der Waals surface area contributed by atoms with Crippen molar-refractivity contribution in [1.29, 1.82) is 0 Å². The molecule has 0 saturated heterocycles. The third-order valence-corrected chi connectivity index (χ3v) is 4.38. The van der Waals surface area contributed by atoms with Crippen molar-refractivity contribution in [2.45, 2.75) is 19.3 Å². The Balaban J connectivity index is 1.78. The summed E-state index contributed by atoms with van der Waals surface area (Å²) in [4.78, 5) is 12.2. The van der Waals surface area contributed by atoms with E-state index in [2.05, 4.69) is 0 Å². The van der Waals surface area contributed by atoms with Crippen LogP contribution in [0.4, 0.5) is 0 Å². The number of phenols is 1. The van der Waals surface area contributed by atoms with Gasteiger partial charge in [0.05, 0.1) is 12.0 Å². The van der Waals surface area contributed by atoms with Gasteiger partial charge < -0.3 is 14.3 Å². The minimum Gasteiger partial charge on any atom is -0.508 e. The monoisotopic (exact) mass is 296 g/mol. The number of hydrogen-bond acceptors (Lipinski definition) is 4. The van der Waals surface area contributed by atoms with Crippen LogP contribution in [0.5, 0.6) is 11.5 Å². The number of hydrogen-bond donors (Lipinski definition) is 1. The fraction of sp³-hybridized carbons (Fsp3) is 0.278. The van der Waals surface area contributed by atoms with Crippen molar-refractivity contribution in [3.63, 3.8) is 0 Å². The van der Waals surface area contributed by atoms with Gasteiger partial charge in [0, 0.05) is 16.8 Å². The number of ether oxygens (including phenoxy) is 1. The molecule has 1 aliphatic carbocycles. The Labute approximate surface area is 126 Å². The van der Waals surface area contributed by atoms with Gasteiger partial charge in [0.25, 0.3) is 0 Å². The van der Waals surface area contributed by atoms with Gasteiger partial charge in [-0.15, -0.1) is 0 Å². The molecule has 112 valence electrons. The maximum atomic E-state index is 12.2. The highest BCUT2D eigenvalue weighted by Crippen LogP contribution is 2.30. The lowest BCUT2D eigenvalue weighted by molar-refractivity contribution is 0.181. The van der Waals surface area contributed by atoms with E-state index in [9.17, 15) is 9.90 Å². The Morgan fingerprint density at radius 2 is 1.91 bits per heavy atom. The van der Waals surface area contributed by atoms with Gasteiger partial charge in [-0.3, -0.25) is 0 Å². The molecule has 0 atom stereocenters. The van der Waals surface area contributed by atoms with Crippen LogP contribution < -0.4 is 10.4 Å². The van der Waals surface area contributed by atoms with Crippen molar-refractivity contribution >= 4 is 21.7 Å². The first-order valence-corrected chi connectivity index (χ1v) is 7.53. The lowest BCUT2D eigenvalue weighted by atomic mass is 9.86. The van der Waals surface area contributed by atoms with Crippen LogP contribution in [0.3, 0.4) is 0 Å². The minimum atomic E-state index is -0.415. The lowest BCUT2D eigenvalue weighted by Crippen LogP contribution is -2.19. The summed E-state index contributed by atoms with van der Waals surface area (Å²) in [6.45, 7) is 0.707. The molecule has 1 saturated carbocycles. The van der Waals surface area contributed by atoms with E-state index in [1.54, 1.807) is 18.2 Å². The summed E-state index contributed by atoms with van der Waals surface area (Å²) in [6.07, 6.45) is 3.74. The number of benzene rings is 2. The average Bonchev–Trinajstić information content (AvgIpc) is 2.45. The second-order valence-electron chi connectivity index (χ2n) is 5.89. The summed E-state index contributed by atoms with van der Waals surface area (Å²) in [5.74, 6) is 1.42. The Hall–Kier alpha value is -2.49. The molecule has 4 nitrogen and oxygen atoms in total. The zero-order valence-electron chi connectivity index (χ0n) is 12.0. The van der Waals surface area contributed by atoms with Crippen LogP contribution in [0.2, 0.25) is 0 Å². The fourth-order valence-corrected chi connectivity index (χ4v) is 2.86. The maximum Gasteiger partial charge on any atom is 0.344 e. The molecular weight excluding hydrogens is 280 g/mol. The molecule has 22 heavy (non-hydrogen) atoms. The van der Waals surface area contributed by atoms with Gasteiger partial charge in [0.2, 0.25) is 0 Å². The minimum absolute atomic E-state index is 0.0791. The van der Waals surface area contributed by atoms with Gasteiger partial charge in [0.1, 0.15) is 17.1 Å². The first kappa shape index (κ1) is 13.2. The van der Waals surface area contributed by atoms with E-state index in [1.165, 1.54) is 25.3 Å². The van der Waals surface area contributed by atoms with E-state index >= 15 is 0 Å². The molecule has 2 aromatic carbocycles. The molecule has 0 amide bonds. The molecule has 1 N–H and O–H groups in total. The summed E-state index contributed by atoms with van der Waals surface area (Å²) < 4.78 is 11.1. The molecule has 0 aliphatic heterocycles. The highest BCUT2D eigenvalue weighted by atomic mass is 16.5. The van der Waals surface area contributed by atoms with Crippen molar-refractivity contribution in [2.24, 2.45) is 5.92 Å². The standard InChI is InChI=1S/C18H16O4/c19-12-4-6-15-14-7-5-13(21-10-11-2-1-3-11)9-16(14)18(20)22-17(15)8-12/h4-9,11,19H,1-3,10H2. The Morgan fingerprint density at radius 1 is 1.09 bits per heavy atom. The SMILES string of the molecule is O=c1oc2cc(O)ccc2c2ccc(OCC3CCC3)cc12. The quantitative estimate of drug-likeness (QED) is 0.589. The number of fused-ring (bicyclic) bond motifs is 3. The third kappa shape index (κ3) is 2.21. The molecule has 1 aromatic heterocycles. The zero-order valence-corrected chi connectivity index (χ0v) is 12.0. The first-order chi connectivity index (χ1) is 10.7. The van der Waals surface area contributed by atoms with E-state index in [0.29, 0.717) is 29.2 Å². The van der Waals surface area contributed by atoms with Crippen LogP contribution in [0, 0.1) is 5.92 Å². The van der Waals surface area contributed by atoms with Crippen LogP contribution >= 0.6 is 0 Å². The molecule has 4 heteroatoms. The predicted octanol–water partition coefficient (Wildman–Crippen LogP) is 3.83. The molecule has 1 aliphatic rings. The fourth-order valence-electron chi connectivity index (χ4n) is 2.86. The molecular formula is C18H16O4. The van der Waals surface area contributed by atoms with E-state index < -0.39 is 5.63 Å². The topological polar surface area (TPSA) is 59.7 Å². The van der Waals surface area contributed by atoms with Gasteiger partial charge >= 0.3 is 5.63 Å². The first-order valence-electron chi connectivity index (χ1n) is 7.53. The summed E-state index contributed by atoms with van der Waals surface area (Å²) in [5, 5.41) is 11.6. The Bertz CT molecular complexity index is 906. The molecule has 0 radical (unpaired) electrons. The van der Waals surface area contributed by atoms with E-state index in [4.69, 9.17) is 9.15 Å². The lowest BCUT2D eigenvalue weighted by Gasteiger charge is -2.25.